The third-order valence-electron chi connectivity index (χ3n) is 3.75. The van der Waals surface area contributed by atoms with E-state index < -0.39 is 0 Å². The minimum absolute atomic E-state index is 0.655. The highest BCUT2D eigenvalue weighted by Crippen LogP contribution is 2.19. The van der Waals surface area contributed by atoms with E-state index >= 15 is 0 Å². The summed E-state index contributed by atoms with van der Waals surface area (Å²) in [5.74, 6) is 0. The fourth-order valence-electron chi connectivity index (χ4n) is 2.52. The lowest BCUT2D eigenvalue weighted by molar-refractivity contribution is 0.129. The summed E-state index contributed by atoms with van der Waals surface area (Å²) in [5.41, 5.74) is 2.96. The average molecular weight is 252 g/mol. The number of piperazine rings is 1. The Kier molecular flexibility index (Phi) is 4.60. The quantitative estimate of drug-likeness (QED) is 0.886. The van der Waals surface area contributed by atoms with Gasteiger partial charge >= 0.3 is 0 Å². The van der Waals surface area contributed by atoms with Crippen molar-refractivity contribution in [1.82, 2.24) is 10.2 Å². The number of nitrogens with one attached hydrogen (secondary N) is 1. The van der Waals surface area contributed by atoms with Gasteiger partial charge in [-0.15, -0.1) is 0 Å². The van der Waals surface area contributed by atoms with Crippen molar-refractivity contribution in [1.29, 1.82) is 0 Å². The predicted octanol–water partition coefficient (Wildman–Crippen LogP) is 3.02. The van der Waals surface area contributed by atoms with Crippen LogP contribution in [-0.4, -0.2) is 30.1 Å². The van der Waals surface area contributed by atoms with Crippen LogP contribution in [0.4, 0.5) is 0 Å². The number of rotatable bonds is 4. The molecule has 2 heterocycles. The summed E-state index contributed by atoms with van der Waals surface area (Å²) in [5, 5.41) is 8.22. The van der Waals surface area contributed by atoms with Gasteiger partial charge in [-0.25, -0.2) is 0 Å². The SMILES string of the molecule is CCCC1CN(Cc2cscc2C)C(C)CN1. The van der Waals surface area contributed by atoms with E-state index in [0.717, 1.165) is 13.1 Å². The Morgan fingerprint density at radius 3 is 2.94 bits per heavy atom. The first kappa shape index (κ1) is 13.1. The molecular formula is C14H24N2S. The Balaban J connectivity index is 1.96. The highest BCUT2D eigenvalue weighted by Gasteiger charge is 2.24. The van der Waals surface area contributed by atoms with Crippen LogP contribution in [0.1, 0.15) is 37.8 Å². The van der Waals surface area contributed by atoms with Crippen LogP contribution in [0, 0.1) is 6.92 Å². The number of thiophene rings is 1. The minimum atomic E-state index is 0.655. The molecule has 1 aliphatic rings. The van der Waals surface area contributed by atoms with Crippen molar-refractivity contribution in [2.45, 2.75) is 52.2 Å². The zero-order chi connectivity index (χ0) is 12.3. The molecular weight excluding hydrogens is 228 g/mol. The van der Waals surface area contributed by atoms with Crippen LogP contribution in [-0.2, 0) is 6.54 Å². The normalized spacial score (nSPS) is 26.3. The van der Waals surface area contributed by atoms with Gasteiger partial charge in [0.05, 0.1) is 0 Å². The molecule has 1 aromatic heterocycles. The second-order valence-corrected chi connectivity index (χ2v) is 6.00. The molecule has 0 amide bonds. The van der Waals surface area contributed by atoms with Crippen molar-refractivity contribution in [3.8, 4) is 0 Å². The lowest BCUT2D eigenvalue weighted by atomic mass is 10.0. The van der Waals surface area contributed by atoms with Crippen LogP contribution >= 0.6 is 11.3 Å². The number of hydrogen-bond donors (Lipinski definition) is 1. The van der Waals surface area contributed by atoms with Gasteiger partial charge in [0.25, 0.3) is 0 Å². The fraction of sp³-hybridized carbons (Fsp3) is 0.714. The Hall–Kier alpha value is -0.380. The molecule has 0 bridgehead atoms. The molecule has 1 saturated heterocycles. The van der Waals surface area contributed by atoms with Gasteiger partial charge in [0, 0.05) is 31.7 Å². The topological polar surface area (TPSA) is 15.3 Å². The summed E-state index contributed by atoms with van der Waals surface area (Å²) < 4.78 is 0. The molecule has 1 aliphatic heterocycles. The lowest BCUT2D eigenvalue weighted by Crippen LogP contribution is -2.54. The monoisotopic (exact) mass is 252 g/mol. The van der Waals surface area contributed by atoms with Gasteiger partial charge < -0.3 is 5.32 Å². The number of aryl methyl sites for hydroxylation is 1. The molecule has 0 radical (unpaired) electrons. The van der Waals surface area contributed by atoms with E-state index in [4.69, 9.17) is 0 Å². The first-order valence-electron chi connectivity index (χ1n) is 6.69. The van der Waals surface area contributed by atoms with E-state index in [0.29, 0.717) is 12.1 Å². The summed E-state index contributed by atoms with van der Waals surface area (Å²) in [6.45, 7) is 10.3. The zero-order valence-corrected chi connectivity index (χ0v) is 12.0. The first-order chi connectivity index (χ1) is 8.20. The molecule has 1 N–H and O–H groups in total. The molecule has 2 rings (SSSR count). The largest absolute Gasteiger partial charge is 0.311 e. The van der Waals surface area contributed by atoms with Crippen LogP contribution in [0.5, 0.6) is 0 Å². The molecule has 2 nitrogen and oxygen atoms in total. The molecule has 2 unspecified atom stereocenters. The third kappa shape index (κ3) is 3.30. The highest BCUT2D eigenvalue weighted by molar-refractivity contribution is 7.08. The van der Waals surface area contributed by atoms with E-state index in [1.54, 1.807) is 0 Å². The van der Waals surface area contributed by atoms with Crippen molar-refractivity contribution in [3.05, 3.63) is 21.9 Å². The van der Waals surface area contributed by atoms with E-state index in [1.165, 1.54) is 30.5 Å². The number of hydrogen-bond acceptors (Lipinski definition) is 3. The highest BCUT2D eigenvalue weighted by atomic mass is 32.1. The van der Waals surface area contributed by atoms with Crippen molar-refractivity contribution in [2.75, 3.05) is 13.1 Å². The van der Waals surface area contributed by atoms with Crippen molar-refractivity contribution < 1.29 is 0 Å². The van der Waals surface area contributed by atoms with Gasteiger partial charge in [0.2, 0.25) is 0 Å². The van der Waals surface area contributed by atoms with Crippen molar-refractivity contribution in [3.63, 3.8) is 0 Å². The summed E-state index contributed by atoms with van der Waals surface area (Å²) >= 11 is 1.82. The molecule has 0 spiro atoms. The van der Waals surface area contributed by atoms with Crippen LogP contribution in [0.3, 0.4) is 0 Å². The van der Waals surface area contributed by atoms with Gasteiger partial charge in [0.15, 0.2) is 0 Å². The number of nitrogens with zero attached hydrogens (tertiary/aromatic N) is 1. The summed E-state index contributed by atoms with van der Waals surface area (Å²) in [6.07, 6.45) is 2.57. The molecule has 1 aromatic rings. The molecule has 1 fully saturated rings. The van der Waals surface area contributed by atoms with E-state index in [1.807, 2.05) is 11.3 Å². The summed E-state index contributed by atoms with van der Waals surface area (Å²) in [7, 11) is 0. The van der Waals surface area contributed by atoms with Crippen LogP contribution in [0.2, 0.25) is 0 Å². The summed E-state index contributed by atoms with van der Waals surface area (Å²) in [6, 6.07) is 1.34. The van der Waals surface area contributed by atoms with Crippen LogP contribution in [0.25, 0.3) is 0 Å². The van der Waals surface area contributed by atoms with Crippen molar-refractivity contribution in [2.24, 2.45) is 0 Å². The Morgan fingerprint density at radius 2 is 2.29 bits per heavy atom. The predicted molar refractivity (Wildman–Crippen MR) is 75.6 cm³/mol. The van der Waals surface area contributed by atoms with Crippen LogP contribution in [0.15, 0.2) is 10.8 Å². The second kappa shape index (κ2) is 5.98. The average Bonchev–Trinajstić information content (AvgIpc) is 2.70. The molecule has 17 heavy (non-hydrogen) atoms. The molecule has 0 aliphatic carbocycles. The van der Waals surface area contributed by atoms with Gasteiger partial charge in [-0.05, 0) is 42.2 Å². The van der Waals surface area contributed by atoms with Gasteiger partial charge in [-0.2, -0.15) is 11.3 Å². The Bertz CT molecular complexity index is 348. The maximum Gasteiger partial charge on any atom is 0.0248 e. The van der Waals surface area contributed by atoms with Gasteiger partial charge in [-0.3, -0.25) is 4.90 Å². The molecule has 2 atom stereocenters. The molecule has 0 saturated carbocycles. The van der Waals surface area contributed by atoms with Gasteiger partial charge in [0.1, 0.15) is 0 Å². The zero-order valence-electron chi connectivity index (χ0n) is 11.2. The smallest absolute Gasteiger partial charge is 0.0248 e. The first-order valence-corrected chi connectivity index (χ1v) is 7.64. The Morgan fingerprint density at radius 1 is 1.47 bits per heavy atom. The van der Waals surface area contributed by atoms with E-state index in [2.05, 4.69) is 41.7 Å². The summed E-state index contributed by atoms with van der Waals surface area (Å²) in [4.78, 5) is 2.63. The molecule has 0 aromatic carbocycles. The molecule has 96 valence electrons. The van der Waals surface area contributed by atoms with E-state index in [-0.39, 0.29) is 0 Å². The fourth-order valence-corrected chi connectivity index (χ4v) is 3.37. The van der Waals surface area contributed by atoms with Crippen LogP contribution < -0.4 is 5.32 Å². The third-order valence-corrected chi connectivity index (χ3v) is 4.66. The minimum Gasteiger partial charge on any atom is -0.311 e. The molecule has 3 heteroatoms. The Labute approximate surface area is 109 Å². The second-order valence-electron chi connectivity index (χ2n) is 5.25. The van der Waals surface area contributed by atoms with E-state index in [9.17, 15) is 0 Å². The maximum atomic E-state index is 3.65. The standard InChI is InChI=1S/C14H24N2S/c1-4-5-14-8-16(12(3)6-15-14)7-13-10-17-9-11(13)2/h9-10,12,14-15H,4-8H2,1-3H3. The van der Waals surface area contributed by atoms with Gasteiger partial charge in [-0.1, -0.05) is 13.3 Å². The van der Waals surface area contributed by atoms with Crippen molar-refractivity contribution >= 4 is 11.3 Å². The maximum absolute atomic E-state index is 3.65. The lowest BCUT2D eigenvalue weighted by Gasteiger charge is -2.38.